The van der Waals surface area contributed by atoms with Crippen molar-refractivity contribution in [1.29, 1.82) is 0 Å². The van der Waals surface area contributed by atoms with E-state index >= 15 is 0 Å². The molecule has 0 saturated heterocycles. The normalized spacial score (nSPS) is 17.6. The SMILES string of the molecule is CNc1ccccc1C1C(c2ccccc2-c2ccccc2)=NNC1c1ccccc1. The smallest absolute Gasteiger partial charge is 0.0815 e. The summed E-state index contributed by atoms with van der Waals surface area (Å²) in [7, 11) is 1.98. The van der Waals surface area contributed by atoms with Crippen molar-refractivity contribution in [3.63, 3.8) is 0 Å². The largest absolute Gasteiger partial charge is 0.388 e. The van der Waals surface area contributed by atoms with E-state index in [0.717, 1.165) is 17.0 Å². The van der Waals surface area contributed by atoms with Gasteiger partial charge in [0.2, 0.25) is 0 Å². The number of hydrogen-bond acceptors (Lipinski definition) is 3. The standard InChI is InChI=1S/C28H25N3/c1-29-25-19-11-10-18-24(25)26-27(21-14-6-3-7-15-21)30-31-28(26)23-17-9-8-16-22(23)20-12-4-2-5-13-20/h2-19,26-27,29-30H,1H3. The van der Waals surface area contributed by atoms with Gasteiger partial charge in [-0.15, -0.1) is 0 Å². The monoisotopic (exact) mass is 403 g/mol. The van der Waals surface area contributed by atoms with Crippen molar-refractivity contribution in [3.8, 4) is 11.1 Å². The predicted octanol–water partition coefficient (Wildman–Crippen LogP) is 6.23. The molecule has 5 rings (SSSR count). The van der Waals surface area contributed by atoms with E-state index in [4.69, 9.17) is 5.10 Å². The lowest BCUT2D eigenvalue weighted by Crippen LogP contribution is -2.21. The van der Waals surface area contributed by atoms with E-state index in [9.17, 15) is 0 Å². The van der Waals surface area contributed by atoms with E-state index in [2.05, 4.69) is 120 Å². The van der Waals surface area contributed by atoms with Crippen LogP contribution in [0.3, 0.4) is 0 Å². The first-order chi connectivity index (χ1) is 15.4. The van der Waals surface area contributed by atoms with Crippen LogP contribution in [0.15, 0.2) is 114 Å². The minimum Gasteiger partial charge on any atom is -0.388 e. The topological polar surface area (TPSA) is 36.4 Å². The van der Waals surface area contributed by atoms with Gasteiger partial charge in [0, 0.05) is 18.3 Å². The molecule has 0 aromatic heterocycles. The number of anilines is 1. The van der Waals surface area contributed by atoms with Crippen LogP contribution in [0.1, 0.15) is 28.7 Å². The van der Waals surface area contributed by atoms with Crippen LogP contribution in [0.4, 0.5) is 5.69 Å². The second-order valence-electron chi connectivity index (χ2n) is 7.74. The summed E-state index contributed by atoms with van der Waals surface area (Å²) in [4.78, 5) is 0. The molecule has 2 N–H and O–H groups in total. The maximum atomic E-state index is 4.92. The maximum absolute atomic E-state index is 4.92. The summed E-state index contributed by atoms with van der Waals surface area (Å²) in [6.45, 7) is 0. The Hall–Kier alpha value is -3.85. The van der Waals surface area contributed by atoms with Gasteiger partial charge in [-0.2, -0.15) is 5.10 Å². The maximum Gasteiger partial charge on any atom is 0.0815 e. The Bertz CT molecular complexity index is 1200. The number of nitrogens with zero attached hydrogens (tertiary/aromatic N) is 1. The third-order valence-corrected chi connectivity index (χ3v) is 5.96. The molecule has 1 heterocycles. The van der Waals surface area contributed by atoms with Crippen LogP contribution >= 0.6 is 0 Å². The fraction of sp³-hybridized carbons (Fsp3) is 0.107. The number of hydrazone groups is 1. The third-order valence-electron chi connectivity index (χ3n) is 5.96. The Labute approximate surface area is 183 Å². The molecule has 31 heavy (non-hydrogen) atoms. The van der Waals surface area contributed by atoms with Crippen LogP contribution < -0.4 is 10.7 Å². The highest BCUT2D eigenvalue weighted by Crippen LogP contribution is 2.42. The van der Waals surface area contributed by atoms with Crippen LogP contribution in [-0.2, 0) is 0 Å². The molecule has 0 saturated carbocycles. The summed E-state index contributed by atoms with van der Waals surface area (Å²) in [6, 6.07) is 38.3. The molecule has 4 aromatic rings. The molecule has 3 heteroatoms. The minimum absolute atomic E-state index is 0.0644. The quantitative estimate of drug-likeness (QED) is 0.414. The van der Waals surface area contributed by atoms with Gasteiger partial charge in [-0.1, -0.05) is 103 Å². The Kier molecular flexibility index (Phi) is 5.24. The van der Waals surface area contributed by atoms with Crippen molar-refractivity contribution in [2.45, 2.75) is 12.0 Å². The van der Waals surface area contributed by atoms with Gasteiger partial charge in [-0.3, -0.25) is 0 Å². The van der Waals surface area contributed by atoms with Gasteiger partial charge in [0.05, 0.1) is 17.7 Å². The second-order valence-corrected chi connectivity index (χ2v) is 7.74. The zero-order chi connectivity index (χ0) is 21.0. The number of benzene rings is 4. The van der Waals surface area contributed by atoms with Crippen molar-refractivity contribution in [1.82, 2.24) is 5.43 Å². The molecule has 152 valence electrons. The van der Waals surface area contributed by atoms with Gasteiger partial charge in [-0.25, -0.2) is 0 Å². The van der Waals surface area contributed by atoms with Crippen LogP contribution in [0.5, 0.6) is 0 Å². The lowest BCUT2D eigenvalue weighted by atomic mass is 9.80. The fourth-order valence-corrected chi connectivity index (χ4v) is 4.49. The first kappa shape index (κ1) is 19.1. The number of nitrogens with one attached hydrogen (secondary N) is 2. The molecule has 0 bridgehead atoms. The Balaban J connectivity index is 1.67. The van der Waals surface area contributed by atoms with Gasteiger partial charge < -0.3 is 10.7 Å². The van der Waals surface area contributed by atoms with Gasteiger partial charge in [-0.05, 0) is 28.3 Å². The van der Waals surface area contributed by atoms with Crippen molar-refractivity contribution in [2.75, 3.05) is 12.4 Å². The van der Waals surface area contributed by atoms with Crippen LogP contribution in [0.2, 0.25) is 0 Å². The van der Waals surface area contributed by atoms with Gasteiger partial charge in [0.25, 0.3) is 0 Å². The van der Waals surface area contributed by atoms with E-state index in [0.29, 0.717) is 0 Å². The molecule has 2 atom stereocenters. The fourth-order valence-electron chi connectivity index (χ4n) is 4.49. The van der Waals surface area contributed by atoms with Gasteiger partial charge >= 0.3 is 0 Å². The van der Waals surface area contributed by atoms with Crippen molar-refractivity contribution >= 4 is 11.4 Å². The van der Waals surface area contributed by atoms with Gasteiger partial charge in [0.1, 0.15) is 0 Å². The molecule has 0 fully saturated rings. The molecule has 4 aromatic carbocycles. The van der Waals surface area contributed by atoms with E-state index in [1.165, 1.54) is 22.3 Å². The zero-order valence-electron chi connectivity index (χ0n) is 17.5. The molecule has 1 aliphatic rings. The summed E-state index contributed by atoms with van der Waals surface area (Å²) in [6.07, 6.45) is 0. The van der Waals surface area contributed by atoms with Crippen LogP contribution in [-0.4, -0.2) is 12.8 Å². The predicted molar refractivity (Wildman–Crippen MR) is 129 cm³/mol. The molecule has 0 radical (unpaired) electrons. The molecule has 0 aliphatic carbocycles. The van der Waals surface area contributed by atoms with E-state index in [1.54, 1.807) is 0 Å². The van der Waals surface area contributed by atoms with Crippen molar-refractivity contribution in [3.05, 3.63) is 126 Å². The van der Waals surface area contributed by atoms with Crippen LogP contribution in [0, 0.1) is 0 Å². The Morgan fingerprint density at radius 1 is 0.677 bits per heavy atom. The van der Waals surface area contributed by atoms with E-state index in [-0.39, 0.29) is 12.0 Å². The summed E-state index contributed by atoms with van der Waals surface area (Å²) in [5, 5.41) is 8.30. The zero-order valence-corrected chi connectivity index (χ0v) is 17.5. The van der Waals surface area contributed by atoms with Gasteiger partial charge in [0.15, 0.2) is 0 Å². The highest BCUT2D eigenvalue weighted by Gasteiger charge is 2.36. The average molecular weight is 404 g/mol. The number of hydrogen-bond donors (Lipinski definition) is 2. The molecular formula is C28H25N3. The van der Waals surface area contributed by atoms with Crippen molar-refractivity contribution < 1.29 is 0 Å². The number of para-hydroxylation sites is 1. The number of rotatable bonds is 5. The highest BCUT2D eigenvalue weighted by atomic mass is 15.3. The minimum atomic E-state index is 0.0644. The van der Waals surface area contributed by atoms with Crippen LogP contribution in [0.25, 0.3) is 11.1 Å². The highest BCUT2D eigenvalue weighted by molar-refractivity contribution is 6.11. The lowest BCUT2D eigenvalue weighted by molar-refractivity contribution is 0.574. The summed E-state index contributed by atoms with van der Waals surface area (Å²) in [5.74, 6) is 0.0795. The molecule has 0 spiro atoms. The first-order valence-electron chi connectivity index (χ1n) is 10.7. The Morgan fingerprint density at radius 2 is 1.29 bits per heavy atom. The second kappa shape index (κ2) is 8.49. The average Bonchev–Trinajstić information content (AvgIpc) is 3.30. The molecule has 1 aliphatic heterocycles. The lowest BCUT2D eigenvalue weighted by Gasteiger charge is -2.25. The summed E-state index contributed by atoms with van der Waals surface area (Å²) < 4.78 is 0. The van der Waals surface area contributed by atoms with E-state index < -0.39 is 0 Å². The third kappa shape index (κ3) is 3.59. The molecule has 0 amide bonds. The summed E-state index contributed by atoms with van der Waals surface area (Å²) >= 11 is 0. The summed E-state index contributed by atoms with van der Waals surface area (Å²) in [5.41, 5.74) is 11.7. The first-order valence-corrected chi connectivity index (χ1v) is 10.7. The van der Waals surface area contributed by atoms with E-state index in [1.807, 2.05) is 7.05 Å². The van der Waals surface area contributed by atoms with Crippen molar-refractivity contribution in [2.24, 2.45) is 5.10 Å². The molecule has 2 unspecified atom stereocenters. The molecule has 3 nitrogen and oxygen atoms in total. The Morgan fingerprint density at radius 3 is 2.03 bits per heavy atom. The molecular weight excluding hydrogens is 378 g/mol.